The average molecular weight is 286 g/mol. The van der Waals surface area contributed by atoms with Crippen LogP contribution in [0.1, 0.15) is 63.8 Å². The summed E-state index contributed by atoms with van der Waals surface area (Å²) in [6.07, 6.45) is 9.70. The standard InChI is InChI=1S/C18H26N2O/c1-3-5-6-7-8-10-15-11-13-16(14-12-15)18-19-17(9-4-2)20-21-18/h11-14H,3-10H2,1-2H3. The Balaban J connectivity index is 1.86. The molecule has 0 saturated carbocycles. The topological polar surface area (TPSA) is 38.9 Å². The molecule has 0 aliphatic heterocycles. The van der Waals surface area contributed by atoms with Gasteiger partial charge in [0.2, 0.25) is 0 Å². The molecule has 0 N–H and O–H groups in total. The maximum Gasteiger partial charge on any atom is 0.257 e. The summed E-state index contributed by atoms with van der Waals surface area (Å²) in [7, 11) is 0. The summed E-state index contributed by atoms with van der Waals surface area (Å²) in [5.41, 5.74) is 2.41. The molecule has 1 aromatic heterocycles. The fourth-order valence-electron chi connectivity index (χ4n) is 2.44. The zero-order chi connectivity index (χ0) is 14.9. The van der Waals surface area contributed by atoms with Crippen LogP contribution in [-0.2, 0) is 12.8 Å². The fraction of sp³-hybridized carbons (Fsp3) is 0.556. The number of aryl methyl sites for hydroxylation is 2. The molecule has 0 saturated heterocycles. The van der Waals surface area contributed by atoms with E-state index in [4.69, 9.17) is 4.52 Å². The lowest BCUT2D eigenvalue weighted by Crippen LogP contribution is -1.87. The van der Waals surface area contributed by atoms with Crippen LogP contribution >= 0.6 is 0 Å². The van der Waals surface area contributed by atoms with Crippen LogP contribution in [0.25, 0.3) is 11.5 Å². The molecule has 0 bridgehead atoms. The number of aromatic nitrogens is 2. The van der Waals surface area contributed by atoms with E-state index in [1.807, 2.05) is 0 Å². The highest BCUT2D eigenvalue weighted by molar-refractivity contribution is 5.53. The SMILES string of the molecule is CCCCCCCc1ccc(-c2nc(CCC)no2)cc1. The second-order valence-electron chi connectivity index (χ2n) is 5.63. The smallest absolute Gasteiger partial charge is 0.257 e. The molecule has 1 heterocycles. The van der Waals surface area contributed by atoms with Crippen molar-refractivity contribution in [3.05, 3.63) is 35.7 Å². The lowest BCUT2D eigenvalue weighted by Gasteiger charge is -2.02. The highest BCUT2D eigenvalue weighted by Crippen LogP contribution is 2.19. The van der Waals surface area contributed by atoms with Crippen molar-refractivity contribution in [3.63, 3.8) is 0 Å². The molecule has 0 radical (unpaired) electrons. The highest BCUT2D eigenvalue weighted by atomic mass is 16.5. The van der Waals surface area contributed by atoms with E-state index >= 15 is 0 Å². The summed E-state index contributed by atoms with van der Waals surface area (Å²) >= 11 is 0. The lowest BCUT2D eigenvalue weighted by molar-refractivity contribution is 0.422. The van der Waals surface area contributed by atoms with Crippen molar-refractivity contribution in [1.82, 2.24) is 10.1 Å². The van der Waals surface area contributed by atoms with E-state index in [-0.39, 0.29) is 0 Å². The maximum atomic E-state index is 5.31. The minimum absolute atomic E-state index is 0.632. The van der Waals surface area contributed by atoms with Crippen molar-refractivity contribution in [1.29, 1.82) is 0 Å². The van der Waals surface area contributed by atoms with Gasteiger partial charge in [-0.1, -0.05) is 56.8 Å². The first kappa shape index (κ1) is 15.7. The van der Waals surface area contributed by atoms with E-state index in [9.17, 15) is 0 Å². The molecule has 0 aliphatic rings. The van der Waals surface area contributed by atoms with Gasteiger partial charge >= 0.3 is 0 Å². The Labute approximate surface area is 127 Å². The van der Waals surface area contributed by atoms with E-state index in [2.05, 4.69) is 48.3 Å². The molecule has 0 spiro atoms. The molecule has 0 atom stereocenters. The van der Waals surface area contributed by atoms with Crippen LogP contribution in [0.3, 0.4) is 0 Å². The molecule has 3 nitrogen and oxygen atoms in total. The third-order valence-electron chi connectivity index (χ3n) is 3.71. The predicted octanol–water partition coefficient (Wildman–Crippen LogP) is 5.20. The van der Waals surface area contributed by atoms with Crippen LogP contribution in [0.2, 0.25) is 0 Å². The van der Waals surface area contributed by atoms with Crippen LogP contribution in [0.4, 0.5) is 0 Å². The Hall–Kier alpha value is -1.64. The predicted molar refractivity (Wildman–Crippen MR) is 86.2 cm³/mol. The van der Waals surface area contributed by atoms with E-state index in [1.54, 1.807) is 0 Å². The summed E-state index contributed by atoms with van der Waals surface area (Å²) in [5.74, 6) is 1.43. The average Bonchev–Trinajstić information content (AvgIpc) is 2.97. The molecule has 21 heavy (non-hydrogen) atoms. The summed E-state index contributed by atoms with van der Waals surface area (Å²) < 4.78 is 5.31. The van der Waals surface area contributed by atoms with Gasteiger partial charge in [0.05, 0.1) is 0 Å². The second kappa shape index (κ2) is 8.60. The minimum atomic E-state index is 0.632. The third kappa shape index (κ3) is 5.00. The molecule has 0 fully saturated rings. The van der Waals surface area contributed by atoms with Gasteiger partial charge in [0, 0.05) is 12.0 Å². The summed E-state index contributed by atoms with van der Waals surface area (Å²) in [5, 5.41) is 4.00. The molecule has 114 valence electrons. The lowest BCUT2D eigenvalue weighted by atomic mass is 10.0. The fourth-order valence-corrected chi connectivity index (χ4v) is 2.44. The van der Waals surface area contributed by atoms with E-state index in [1.165, 1.54) is 37.7 Å². The van der Waals surface area contributed by atoms with Crippen molar-refractivity contribution in [2.24, 2.45) is 0 Å². The summed E-state index contributed by atoms with van der Waals surface area (Å²) in [6, 6.07) is 8.53. The number of hydrogen-bond donors (Lipinski definition) is 0. The van der Waals surface area contributed by atoms with Gasteiger partial charge in [0.25, 0.3) is 5.89 Å². The number of hydrogen-bond acceptors (Lipinski definition) is 3. The first-order valence-corrected chi connectivity index (χ1v) is 8.25. The first-order valence-electron chi connectivity index (χ1n) is 8.25. The number of nitrogens with zero attached hydrogens (tertiary/aromatic N) is 2. The van der Waals surface area contributed by atoms with Crippen molar-refractivity contribution >= 4 is 0 Å². The van der Waals surface area contributed by atoms with Crippen molar-refractivity contribution in [3.8, 4) is 11.5 Å². The zero-order valence-electron chi connectivity index (χ0n) is 13.3. The van der Waals surface area contributed by atoms with Crippen LogP contribution in [0, 0.1) is 0 Å². The van der Waals surface area contributed by atoms with Gasteiger partial charge in [-0.15, -0.1) is 0 Å². The maximum absolute atomic E-state index is 5.31. The minimum Gasteiger partial charge on any atom is -0.334 e. The van der Waals surface area contributed by atoms with Gasteiger partial charge in [-0.2, -0.15) is 4.98 Å². The Morgan fingerprint density at radius 1 is 0.857 bits per heavy atom. The van der Waals surface area contributed by atoms with Gasteiger partial charge < -0.3 is 4.52 Å². The Bertz CT molecular complexity index is 516. The molecule has 2 rings (SSSR count). The molecular weight excluding hydrogens is 260 g/mol. The molecule has 0 unspecified atom stereocenters. The van der Waals surface area contributed by atoms with Gasteiger partial charge in [0.15, 0.2) is 5.82 Å². The van der Waals surface area contributed by atoms with E-state index in [0.29, 0.717) is 5.89 Å². The van der Waals surface area contributed by atoms with Crippen molar-refractivity contribution in [2.45, 2.75) is 65.2 Å². The van der Waals surface area contributed by atoms with Crippen LogP contribution in [-0.4, -0.2) is 10.1 Å². The van der Waals surface area contributed by atoms with Crippen molar-refractivity contribution in [2.75, 3.05) is 0 Å². The second-order valence-corrected chi connectivity index (χ2v) is 5.63. The molecule has 3 heteroatoms. The van der Waals surface area contributed by atoms with Gasteiger partial charge in [-0.05, 0) is 37.0 Å². The van der Waals surface area contributed by atoms with Crippen molar-refractivity contribution < 1.29 is 4.52 Å². The summed E-state index contributed by atoms with van der Waals surface area (Å²) in [6.45, 7) is 4.37. The number of rotatable bonds is 9. The molecule has 2 aromatic rings. The Kier molecular flexibility index (Phi) is 6.45. The van der Waals surface area contributed by atoms with Crippen LogP contribution < -0.4 is 0 Å². The summed E-state index contributed by atoms with van der Waals surface area (Å²) in [4.78, 5) is 4.42. The van der Waals surface area contributed by atoms with Gasteiger partial charge in [-0.25, -0.2) is 0 Å². The molecular formula is C18H26N2O. The van der Waals surface area contributed by atoms with Crippen LogP contribution in [0.15, 0.2) is 28.8 Å². The monoisotopic (exact) mass is 286 g/mol. The molecule has 0 aliphatic carbocycles. The molecule has 1 aromatic carbocycles. The van der Waals surface area contributed by atoms with E-state index < -0.39 is 0 Å². The Morgan fingerprint density at radius 2 is 1.62 bits per heavy atom. The van der Waals surface area contributed by atoms with Crippen LogP contribution in [0.5, 0.6) is 0 Å². The van der Waals surface area contributed by atoms with E-state index in [0.717, 1.165) is 30.7 Å². The third-order valence-corrected chi connectivity index (χ3v) is 3.71. The first-order chi connectivity index (χ1) is 10.3. The number of benzene rings is 1. The largest absolute Gasteiger partial charge is 0.334 e. The zero-order valence-corrected chi connectivity index (χ0v) is 13.3. The number of unbranched alkanes of at least 4 members (excludes halogenated alkanes) is 4. The van der Waals surface area contributed by atoms with Gasteiger partial charge in [-0.3, -0.25) is 0 Å². The normalized spacial score (nSPS) is 11.0. The Morgan fingerprint density at radius 3 is 2.33 bits per heavy atom. The molecule has 0 amide bonds. The van der Waals surface area contributed by atoms with Gasteiger partial charge in [0.1, 0.15) is 0 Å². The quantitative estimate of drug-likeness (QED) is 0.594. The highest BCUT2D eigenvalue weighted by Gasteiger charge is 2.07.